The van der Waals surface area contributed by atoms with Gasteiger partial charge in [0.05, 0.1) is 6.10 Å². The lowest BCUT2D eigenvalue weighted by Gasteiger charge is -2.34. The minimum absolute atomic E-state index is 0.00495. The fourth-order valence-electron chi connectivity index (χ4n) is 2.28. The predicted octanol–water partition coefficient (Wildman–Crippen LogP) is 2.60. The molecule has 0 aliphatic carbocycles. The molecule has 2 rings (SSSR count). The van der Waals surface area contributed by atoms with E-state index in [0.29, 0.717) is 12.1 Å². The monoisotopic (exact) mass is 311 g/mol. The summed E-state index contributed by atoms with van der Waals surface area (Å²) in [5.74, 6) is 0.281. The van der Waals surface area contributed by atoms with E-state index in [1.54, 1.807) is 4.90 Å². The van der Waals surface area contributed by atoms with Crippen LogP contribution in [0, 0.1) is 12.8 Å². The van der Waals surface area contributed by atoms with E-state index in [9.17, 15) is 9.90 Å². The molecule has 18 heavy (non-hydrogen) atoms. The van der Waals surface area contributed by atoms with Gasteiger partial charge in [-0.3, -0.25) is 4.79 Å². The number of aliphatic hydroxyl groups is 1. The van der Waals surface area contributed by atoms with Crippen molar-refractivity contribution in [1.82, 2.24) is 4.90 Å². The van der Waals surface area contributed by atoms with Crippen LogP contribution in [0.15, 0.2) is 22.7 Å². The van der Waals surface area contributed by atoms with Gasteiger partial charge in [-0.25, -0.2) is 0 Å². The maximum absolute atomic E-state index is 12.4. The summed E-state index contributed by atoms with van der Waals surface area (Å²) in [6.07, 6.45) is 0.454. The molecule has 0 radical (unpaired) electrons. The van der Waals surface area contributed by atoms with Crippen molar-refractivity contribution in [3.05, 3.63) is 33.8 Å². The first kappa shape index (κ1) is 13.6. The Morgan fingerprint density at radius 1 is 1.44 bits per heavy atom. The largest absolute Gasteiger partial charge is 0.391 e. The molecule has 1 saturated heterocycles. The number of rotatable bonds is 1. The van der Waals surface area contributed by atoms with E-state index in [1.807, 2.05) is 32.0 Å². The summed E-state index contributed by atoms with van der Waals surface area (Å²) in [7, 11) is 0. The highest BCUT2D eigenvalue weighted by molar-refractivity contribution is 9.10. The maximum Gasteiger partial charge on any atom is 0.253 e. The lowest BCUT2D eigenvalue weighted by atomic mass is 9.95. The molecule has 1 heterocycles. The molecule has 1 aromatic carbocycles. The zero-order valence-electron chi connectivity index (χ0n) is 10.7. The minimum Gasteiger partial charge on any atom is -0.391 e. The van der Waals surface area contributed by atoms with E-state index in [-0.39, 0.29) is 11.8 Å². The fourth-order valence-corrected chi connectivity index (χ4v) is 2.88. The predicted molar refractivity (Wildman–Crippen MR) is 74.6 cm³/mol. The first-order chi connectivity index (χ1) is 8.47. The highest BCUT2D eigenvalue weighted by Crippen LogP contribution is 2.21. The normalized spacial score (nSPS) is 24.1. The Balaban J connectivity index is 2.16. The molecular weight excluding hydrogens is 294 g/mol. The maximum atomic E-state index is 12.4. The van der Waals surface area contributed by atoms with Gasteiger partial charge in [-0.1, -0.05) is 22.9 Å². The molecule has 1 aliphatic heterocycles. The summed E-state index contributed by atoms with van der Waals surface area (Å²) in [5, 5.41) is 9.85. The summed E-state index contributed by atoms with van der Waals surface area (Å²) < 4.78 is 0.914. The van der Waals surface area contributed by atoms with Gasteiger partial charge in [0.1, 0.15) is 0 Å². The molecular formula is C14H18BrNO2. The van der Waals surface area contributed by atoms with Gasteiger partial charge in [0.25, 0.3) is 5.91 Å². The van der Waals surface area contributed by atoms with Crippen LogP contribution >= 0.6 is 15.9 Å². The number of piperidine rings is 1. The molecule has 1 aromatic rings. The second-order valence-electron chi connectivity index (χ2n) is 5.10. The average molecular weight is 312 g/mol. The number of carbonyl (C=O) groups excluding carboxylic acids is 1. The van der Waals surface area contributed by atoms with Crippen LogP contribution in [0.5, 0.6) is 0 Å². The second kappa shape index (κ2) is 5.41. The summed E-state index contributed by atoms with van der Waals surface area (Å²) in [5.41, 5.74) is 1.74. The molecule has 2 atom stereocenters. The highest BCUT2D eigenvalue weighted by Gasteiger charge is 2.27. The van der Waals surface area contributed by atoms with Crippen LogP contribution in [0.4, 0.5) is 0 Å². The van der Waals surface area contributed by atoms with E-state index in [0.717, 1.165) is 23.0 Å². The molecule has 1 aliphatic rings. The third-order valence-electron chi connectivity index (χ3n) is 3.49. The zero-order chi connectivity index (χ0) is 13.3. The van der Waals surface area contributed by atoms with Crippen LogP contribution in [-0.4, -0.2) is 35.1 Å². The number of hydrogen-bond acceptors (Lipinski definition) is 2. The van der Waals surface area contributed by atoms with E-state index < -0.39 is 6.10 Å². The van der Waals surface area contributed by atoms with Gasteiger partial charge in [0, 0.05) is 23.1 Å². The van der Waals surface area contributed by atoms with Gasteiger partial charge in [-0.05, 0) is 43.0 Å². The van der Waals surface area contributed by atoms with Crippen molar-refractivity contribution < 1.29 is 9.90 Å². The number of halogens is 1. The lowest BCUT2D eigenvalue weighted by Crippen LogP contribution is -2.45. The number of aryl methyl sites for hydroxylation is 1. The summed E-state index contributed by atoms with van der Waals surface area (Å²) in [4.78, 5) is 14.1. The van der Waals surface area contributed by atoms with Gasteiger partial charge in [0.2, 0.25) is 0 Å². The zero-order valence-corrected chi connectivity index (χ0v) is 12.3. The number of aliphatic hydroxyl groups excluding tert-OH is 1. The topological polar surface area (TPSA) is 40.5 Å². The Bertz CT molecular complexity index is 441. The molecule has 98 valence electrons. The average Bonchev–Trinajstić information content (AvgIpc) is 2.30. The van der Waals surface area contributed by atoms with Crippen LogP contribution in [0.25, 0.3) is 0 Å². The number of amides is 1. The lowest BCUT2D eigenvalue weighted by molar-refractivity contribution is 0.0248. The Kier molecular flexibility index (Phi) is 4.07. The third-order valence-corrected chi connectivity index (χ3v) is 3.95. The molecule has 0 spiro atoms. The smallest absolute Gasteiger partial charge is 0.253 e. The van der Waals surface area contributed by atoms with Crippen LogP contribution < -0.4 is 0 Å². The highest BCUT2D eigenvalue weighted by atomic mass is 79.9. The molecule has 0 unspecified atom stereocenters. The number of β-amino-alcohol motifs (C(OH)–C–C–N with tert-alkyl or cyclic N) is 1. The first-order valence-corrected chi connectivity index (χ1v) is 7.01. The first-order valence-electron chi connectivity index (χ1n) is 6.22. The van der Waals surface area contributed by atoms with Crippen LogP contribution in [0.1, 0.15) is 29.3 Å². The van der Waals surface area contributed by atoms with Crippen LogP contribution in [-0.2, 0) is 0 Å². The Morgan fingerprint density at radius 3 is 2.78 bits per heavy atom. The number of benzene rings is 1. The summed E-state index contributed by atoms with van der Waals surface area (Å²) >= 11 is 3.41. The van der Waals surface area contributed by atoms with Crippen molar-refractivity contribution in [2.24, 2.45) is 5.92 Å². The van der Waals surface area contributed by atoms with Gasteiger partial charge in [-0.2, -0.15) is 0 Å². The molecule has 3 nitrogen and oxygen atoms in total. The third kappa shape index (κ3) is 2.93. The van der Waals surface area contributed by atoms with Gasteiger partial charge < -0.3 is 10.0 Å². The van der Waals surface area contributed by atoms with Crippen molar-refractivity contribution in [2.45, 2.75) is 26.4 Å². The van der Waals surface area contributed by atoms with E-state index in [4.69, 9.17) is 0 Å². The van der Waals surface area contributed by atoms with Gasteiger partial charge in [-0.15, -0.1) is 0 Å². The van der Waals surface area contributed by atoms with Crippen molar-refractivity contribution >= 4 is 21.8 Å². The molecule has 1 amide bonds. The second-order valence-corrected chi connectivity index (χ2v) is 6.02. The van der Waals surface area contributed by atoms with Crippen LogP contribution in [0.3, 0.4) is 0 Å². The van der Waals surface area contributed by atoms with E-state index in [1.165, 1.54) is 0 Å². The Labute approximate surface area is 116 Å². The SMILES string of the molecule is Cc1cc(Br)cc(C(=O)N2CC[C@@H](C)[C@H](O)C2)c1. The van der Waals surface area contributed by atoms with Crippen molar-refractivity contribution in [1.29, 1.82) is 0 Å². The number of likely N-dealkylation sites (tertiary alicyclic amines) is 1. The number of hydrogen-bond donors (Lipinski definition) is 1. The molecule has 0 aromatic heterocycles. The van der Waals surface area contributed by atoms with E-state index in [2.05, 4.69) is 15.9 Å². The summed E-state index contributed by atoms with van der Waals surface area (Å²) in [6.45, 7) is 5.15. The van der Waals surface area contributed by atoms with Crippen molar-refractivity contribution in [2.75, 3.05) is 13.1 Å². The number of carbonyl (C=O) groups is 1. The molecule has 1 N–H and O–H groups in total. The van der Waals surface area contributed by atoms with Crippen LogP contribution in [0.2, 0.25) is 0 Å². The van der Waals surface area contributed by atoms with Crippen molar-refractivity contribution in [3.63, 3.8) is 0 Å². The quantitative estimate of drug-likeness (QED) is 0.866. The molecule has 0 bridgehead atoms. The van der Waals surface area contributed by atoms with Gasteiger partial charge >= 0.3 is 0 Å². The standard InChI is InChI=1S/C14H18BrNO2/c1-9-5-11(7-12(15)6-9)14(18)16-4-3-10(2)13(17)8-16/h5-7,10,13,17H,3-4,8H2,1-2H3/t10-,13-/m1/s1. The molecule has 1 fully saturated rings. The Hall–Kier alpha value is -0.870. The van der Waals surface area contributed by atoms with E-state index >= 15 is 0 Å². The molecule has 4 heteroatoms. The Morgan fingerprint density at radius 2 is 2.17 bits per heavy atom. The van der Waals surface area contributed by atoms with Gasteiger partial charge in [0.15, 0.2) is 0 Å². The summed E-state index contributed by atoms with van der Waals surface area (Å²) in [6, 6.07) is 5.70. The fraction of sp³-hybridized carbons (Fsp3) is 0.500. The minimum atomic E-state index is -0.407. The molecule has 0 saturated carbocycles. The number of nitrogens with zero attached hydrogens (tertiary/aromatic N) is 1. The van der Waals surface area contributed by atoms with Crippen molar-refractivity contribution in [3.8, 4) is 0 Å².